The van der Waals surface area contributed by atoms with E-state index in [1.807, 2.05) is 6.92 Å². The summed E-state index contributed by atoms with van der Waals surface area (Å²) >= 11 is 0. The number of piperidine rings is 1. The number of hydrogen-bond acceptors (Lipinski definition) is 4. The second kappa shape index (κ2) is 4.42. The molecule has 2 aliphatic heterocycles. The molecule has 0 bridgehead atoms. The Hall–Kier alpha value is -2.21. The second-order valence-corrected chi connectivity index (χ2v) is 5.14. The first-order valence-electron chi connectivity index (χ1n) is 6.44. The zero-order chi connectivity index (χ0) is 14.4. The van der Waals surface area contributed by atoms with E-state index >= 15 is 0 Å². The number of carbonyl (C=O) groups is 3. The molecule has 2 atom stereocenters. The number of amides is 3. The summed E-state index contributed by atoms with van der Waals surface area (Å²) in [6, 6.07) is 4.38. The van der Waals surface area contributed by atoms with Gasteiger partial charge in [0.1, 0.15) is 6.04 Å². The Morgan fingerprint density at radius 3 is 2.75 bits per heavy atom. The minimum absolute atomic E-state index is 0.169. The van der Waals surface area contributed by atoms with Crippen molar-refractivity contribution >= 4 is 17.7 Å². The van der Waals surface area contributed by atoms with E-state index in [4.69, 9.17) is 0 Å². The van der Waals surface area contributed by atoms with E-state index in [1.165, 1.54) is 0 Å². The van der Waals surface area contributed by atoms with Gasteiger partial charge in [0, 0.05) is 17.5 Å². The van der Waals surface area contributed by atoms with Gasteiger partial charge < -0.3 is 5.11 Å². The first-order valence-corrected chi connectivity index (χ1v) is 6.44. The first kappa shape index (κ1) is 12.8. The fourth-order valence-electron chi connectivity index (χ4n) is 2.75. The molecule has 0 spiro atoms. The van der Waals surface area contributed by atoms with E-state index in [1.54, 1.807) is 18.2 Å². The summed E-state index contributed by atoms with van der Waals surface area (Å²) in [7, 11) is 0. The van der Waals surface area contributed by atoms with Crippen LogP contribution in [0, 0.1) is 6.92 Å². The zero-order valence-corrected chi connectivity index (χ0v) is 10.9. The quantitative estimate of drug-likeness (QED) is 0.719. The molecule has 20 heavy (non-hydrogen) atoms. The predicted octanol–water partition coefficient (Wildman–Crippen LogP) is 0.247. The molecular weight excluding hydrogens is 260 g/mol. The molecule has 1 saturated heterocycles. The van der Waals surface area contributed by atoms with Crippen LogP contribution in [0.1, 0.15) is 40.6 Å². The fraction of sp³-hybridized carbons (Fsp3) is 0.357. The molecule has 0 aromatic heterocycles. The summed E-state index contributed by atoms with van der Waals surface area (Å²) in [5, 5.41) is 12.5. The van der Waals surface area contributed by atoms with Gasteiger partial charge in [-0.1, -0.05) is 17.7 Å². The summed E-state index contributed by atoms with van der Waals surface area (Å²) in [6.07, 6.45) is -0.732. The van der Waals surface area contributed by atoms with Crippen LogP contribution in [0.5, 0.6) is 0 Å². The van der Waals surface area contributed by atoms with Crippen molar-refractivity contribution in [1.29, 1.82) is 0 Å². The van der Waals surface area contributed by atoms with Gasteiger partial charge in [-0.3, -0.25) is 24.6 Å². The van der Waals surface area contributed by atoms with Crippen LogP contribution in [0.15, 0.2) is 18.2 Å². The molecule has 104 valence electrons. The van der Waals surface area contributed by atoms with E-state index < -0.39 is 18.2 Å². The van der Waals surface area contributed by atoms with Gasteiger partial charge in [0.05, 0.1) is 0 Å². The van der Waals surface area contributed by atoms with Crippen LogP contribution in [0.2, 0.25) is 0 Å². The van der Waals surface area contributed by atoms with Gasteiger partial charge >= 0.3 is 0 Å². The molecule has 3 rings (SSSR count). The molecule has 0 aliphatic carbocycles. The van der Waals surface area contributed by atoms with Crippen molar-refractivity contribution in [2.45, 2.75) is 32.0 Å². The van der Waals surface area contributed by atoms with E-state index in [0.717, 1.165) is 10.5 Å². The number of imide groups is 1. The van der Waals surface area contributed by atoms with Gasteiger partial charge in [0.15, 0.2) is 6.23 Å². The SMILES string of the molecule is Cc1ccc2c(c1)C(O)N([C@@H]1CCC(=O)NC1=O)C2=O. The average molecular weight is 274 g/mol. The maximum absolute atomic E-state index is 12.3. The smallest absolute Gasteiger partial charge is 0.257 e. The number of benzene rings is 1. The average Bonchev–Trinajstić information content (AvgIpc) is 2.63. The van der Waals surface area contributed by atoms with Crippen molar-refractivity contribution < 1.29 is 19.5 Å². The highest BCUT2D eigenvalue weighted by atomic mass is 16.3. The summed E-state index contributed by atoms with van der Waals surface area (Å²) in [5.41, 5.74) is 1.85. The number of hydrogen-bond donors (Lipinski definition) is 2. The molecule has 0 radical (unpaired) electrons. The highest BCUT2D eigenvalue weighted by molar-refractivity contribution is 6.05. The summed E-state index contributed by atoms with van der Waals surface area (Å²) in [6.45, 7) is 1.87. The van der Waals surface area contributed by atoms with Gasteiger partial charge in [0.25, 0.3) is 5.91 Å². The van der Waals surface area contributed by atoms with Gasteiger partial charge in [-0.15, -0.1) is 0 Å². The number of fused-ring (bicyclic) bond motifs is 1. The van der Waals surface area contributed by atoms with Crippen LogP contribution in [-0.2, 0) is 9.59 Å². The number of nitrogens with zero attached hydrogens (tertiary/aromatic N) is 1. The van der Waals surface area contributed by atoms with Crippen LogP contribution in [0.3, 0.4) is 0 Å². The molecule has 1 unspecified atom stereocenters. The molecule has 2 N–H and O–H groups in total. The minimum atomic E-state index is -1.14. The predicted molar refractivity (Wildman–Crippen MR) is 68.5 cm³/mol. The molecular formula is C14H14N2O4. The summed E-state index contributed by atoms with van der Waals surface area (Å²) in [4.78, 5) is 36.5. The Balaban J connectivity index is 1.95. The van der Waals surface area contributed by atoms with Crippen molar-refractivity contribution in [2.24, 2.45) is 0 Å². The monoisotopic (exact) mass is 274 g/mol. The van der Waals surface area contributed by atoms with Crippen LogP contribution >= 0.6 is 0 Å². The Kier molecular flexibility index (Phi) is 2.83. The molecule has 6 nitrogen and oxygen atoms in total. The van der Waals surface area contributed by atoms with Crippen LogP contribution in [0.4, 0.5) is 0 Å². The van der Waals surface area contributed by atoms with Gasteiger partial charge in [-0.2, -0.15) is 0 Å². The third-order valence-electron chi connectivity index (χ3n) is 3.76. The van der Waals surface area contributed by atoms with E-state index in [-0.39, 0.29) is 24.7 Å². The molecule has 1 fully saturated rings. The highest BCUT2D eigenvalue weighted by Gasteiger charge is 2.44. The van der Waals surface area contributed by atoms with E-state index in [0.29, 0.717) is 11.1 Å². The van der Waals surface area contributed by atoms with Crippen molar-refractivity contribution in [3.63, 3.8) is 0 Å². The highest BCUT2D eigenvalue weighted by Crippen LogP contribution is 2.35. The van der Waals surface area contributed by atoms with Crippen LogP contribution in [0.25, 0.3) is 0 Å². The molecule has 2 heterocycles. The van der Waals surface area contributed by atoms with Crippen molar-refractivity contribution in [2.75, 3.05) is 0 Å². The Bertz CT molecular complexity index is 626. The molecule has 0 saturated carbocycles. The van der Waals surface area contributed by atoms with Crippen LogP contribution in [-0.4, -0.2) is 33.8 Å². The number of aryl methyl sites for hydroxylation is 1. The molecule has 2 aliphatic rings. The van der Waals surface area contributed by atoms with Crippen molar-refractivity contribution in [3.8, 4) is 0 Å². The number of aliphatic hydroxyl groups is 1. The lowest BCUT2D eigenvalue weighted by atomic mass is 10.0. The zero-order valence-electron chi connectivity index (χ0n) is 10.9. The molecule has 1 aromatic carbocycles. The standard InChI is InChI=1S/C14H14N2O4/c1-7-2-3-8-9(6-7)14(20)16(13(8)19)10-4-5-11(17)15-12(10)18/h2-3,6,10,14,20H,4-5H2,1H3,(H,15,17,18)/t10-,14?/m1/s1. The van der Waals surface area contributed by atoms with Gasteiger partial charge in [-0.05, 0) is 19.4 Å². The van der Waals surface area contributed by atoms with Gasteiger partial charge in [-0.25, -0.2) is 0 Å². The normalized spacial score (nSPS) is 25.7. The lowest BCUT2D eigenvalue weighted by molar-refractivity contribution is -0.139. The largest absolute Gasteiger partial charge is 0.369 e. The third kappa shape index (κ3) is 1.80. The minimum Gasteiger partial charge on any atom is -0.369 e. The summed E-state index contributed by atoms with van der Waals surface area (Å²) in [5.74, 6) is -1.25. The third-order valence-corrected chi connectivity index (χ3v) is 3.76. The molecule has 1 aromatic rings. The van der Waals surface area contributed by atoms with E-state index in [2.05, 4.69) is 5.32 Å². The van der Waals surface area contributed by atoms with Crippen molar-refractivity contribution in [1.82, 2.24) is 10.2 Å². The number of carbonyl (C=O) groups excluding carboxylic acids is 3. The van der Waals surface area contributed by atoms with E-state index in [9.17, 15) is 19.5 Å². The first-order chi connectivity index (χ1) is 9.49. The number of aliphatic hydroxyl groups excluding tert-OH is 1. The maximum Gasteiger partial charge on any atom is 0.257 e. The van der Waals surface area contributed by atoms with Gasteiger partial charge in [0.2, 0.25) is 11.8 Å². The second-order valence-electron chi connectivity index (χ2n) is 5.14. The Labute approximate surface area is 115 Å². The topological polar surface area (TPSA) is 86.7 Å². The lowest BCUT2D eigenvalue weighted by Gasteiger charge is -2.31. The van der Waals surface area contributed by atoms with Crippen molar-refractivity contribution in [3.05, 3.63) is 34.9 Å². The Morgan fingerprint density at radius 1 is 1.30 bits per heavy atom. The fourth-order valence-corrected chi connectivity index (χ4v) is 2.75. The summed E-state index contributed by atoms with van der Waals surface area (Å²) < 4.78 is 0. The number of nitrogens with one attached hydrogen (secondary N) is 1. The Morgan fingerprint density at radius 2 is 2.05 bits per heavy atom. The lowest BCUT2D eigenvalue weighted by Crippen LogP contribution is -2.53. The van der Waals surface area contributed by atoms with Crippen LogP contribution < -0.4 is 5.32 Å². The molecule has 3 amide bonds. The molecule has 6 heteroatoms. The number of rotatable bonds is 1. The maximum atomic E-state index is 12.3.